The van der Waals surface area contributed by atoms with Gasteiger partial charge < -0.3 is 15.2 Å². The third-order valence-electron chi connectivity index (χ3n) is 1.57. The van der Waals surface area contributed by atoms with Crippen molar-refractivity contribution < 1.29 is 9.47 Å². The van der Waals surface area contributed by atoms with Gasteiger partial charge in [-0.05, 0) is 22.0 Å². The van der Waals surface area contributed by atoms with E-state index in [9.17, 15) is 0 Å². The third-order valence-corrected chi connectivity index (χ3v) is 2.44. The first-order valence-electron chi connectivity index (χ1n) is 4.05. The lowest BCUT2D eigenvalue weighted by Gasteiger charge is -2.10. The Morgan fingerprint density at radius 2 is 2.21 bits per heavy atom. The molecule has 0 aliphatic rings. The fraction of sp³-hybridized carbons (Fsp3) is 0.333. The molecule has 0 aliphatic heterocycles. The lowest BCUT2D eigenvalue weighted by atomic mass is 10.3. The van der Waals surface area contributed by atoms with E-state index >= 15 is 0 Å². The lowest BCUT2D eigenvalue weighted by molar-refractivity contribution is 0.325. The topological polar surface area (TPSA) is 44.5 Å². The van der Waals surface area contributed by atoms with Crippen molar-refractivity contribution in [2.45, 2.75) is 0 Å². The lowest BCUT2D eigenvalue weighted by Crippen LogP contribution is -2.11. The van der Waals surface area contributed by atoms with Gasteiger partial charge in [0.2, 0.25) is 0 Å². The van der Waals surface area contributed by atoms with Crippen LogP contribution in [0.3, 0.4) is 0 Å². The summed E-state index contributed by atoms with van der Waals surface area (Å²) in [7, 11) is 1.58. The van der Waals surface area contributed by atoms with E-state index in [1.807, 2.05) is 0 Å². The number of hydrogen-bond acceptors (Lipinski definition) is 3. The van der Waals surface area contributed by atoms with Crippen molar-refractivity contribution >= 4 is 27.5 Å². The molecular formula is C9H11BrClNO2. The summed E-state index contributed by atoms with van der Waals surface area (Å²) >= 11 is 9.31. The highest BCUT2D eigenvalue weighted by Crippen LogP contribution is 2.36. The molecule has 3 nitrogen and oxygen atoms in total. The number of rotatable bonds is 4. The first-order valence-corrected chi connectivity index (χ1v) is 5.22. The van der Waals surface area contributed by atoms with Crippen LogP contribution >= 0.6 is 27.5 Å². The summed E-state index contributed by atoms with van der Waals surface area (Å²) < 4.78 is 11.2. The first kappa shape index (κ1) is 11.6. The van der Waals surface area contributed by atoms with Crippen molar-refractivity contribution in [3.8, 4) is 11.5 Å². The highest BCUT2D eigenvalue weighted by molar-refractivity contribution is 9.10. The van der Waals surface area contributed by atoms with Gasteiger partial charge in [0.15, 0.2) is 5.75 Å². The number of benzene rings is 1. The molecule has 0 aromatic heterocycles. The Labute approximate surface area is 96.3 Å². The fourth-order valence-corrected chi connectivity index (χ4v) is 1.89. The number of ether oxygens (including phenoxy) is 2. The molecule has 0 unspecified atom stereocenters. The molecule has 0 saturated heterocycles. The molecule has 14 heavy (non-hydrogen) atoms. The third kappa shape index (κ3) is 2.77. The molecular weight excluding hydrogens is 269 g/mol. The molecule has 0 amide bonds. The number of hydrogen-bond donors (Lipinski definition) is 1. The zero-order valence-corrected chi connectivity index (χ0v) is 10.1. The number of nitrogens with two attached hydrogens (primary N) is 1. The maximum atomic E-state index is 5.97. The van der Waals surface area contributed by atoms with Gasteiger partial charge in [-0.15, -0.1) is 0 Å². The molecule has 0 saturated carbocycles. The second kappa shape index (κ2) is 5.44. The van der Waals surface area contributed by atoms with Crippen molar-refractivity contribution in [1.29, 1.82) is 0 Å². The van der Waals surface area contributed by atoms with Gasteiger partial charge in [0, 0.05) is 12.6 Å². The Bertz CT molecular complexity index is 297. The first-order chi connectivity index (χ1) is 6.69. The zero-order valence-electron chi connectivity index (χ0n) is 7.72. The summed E-state index contributed by atoms with van der Waals surface area (Å²) in [6, 6.07) is 3.48. The van der Waals surface area contributed by atoms with Crippen LogP contribution in [0.5, 0.6) is 11.5 Å². The van der Waals surface area contributed by atoms with Crippen molar-refractivity contribution in [2.75, 3.05) is 20.3 Å². The Morgan fingerprint density at radius 3 is 2.71 bits per heavy atom. The van der Waals surface area contributed by atoms with Crippen LogP contribution in [0, 0.1) is 0 Å². The molecule has 1 aromatic carbocycles. The molecule has 0 bridgehead atoms. The molecule has 5 heteroatoms. The van der Waals surface area contributed by atoms with Gasteiger partial charge >= 0.3 is 0 Å². The minimum atomic E-state index is 0.435. The minimum absolute atomic E-state index is 0.435. The van der Waals surface area contributed by atoms with E-state index in [-0.39, 0.29) is 0 Å². The van der Waals surface area contributed by atoms with Crippen LogP contribution in [0.1, 0.15) is 0 Å². The molecule has 0 atom stereocenters. The van der Waals surface area contributed by atoms with E-state index in [1.54, 1.807) is 19.2 Å². The second-order valence-corrected chi connectivity index (χ2v) is 3.82. The molecule has 1 rings (SSSR count). The van der Waals surface area contributed by atoms with Crippen LogP contribution in [-0.2, 0) is 0 Å². The Morgan fingerprint density at radius 1 is 1.50 bits per heavy atom. The number of halogens is 2. The quantitative estimate of drug-likeness (QED) is 0.921. The largest absolute Gasteiger partial charge is 0.497 e. The maximum Gasteiger partial charge on any atom is 0.152 e. The fourth-order valence-electron chi connectivity index (χ4n) is 0.953. The van der Waals surface area contributed by atoms with Gasteiger partial charge in [-0.1, -0.05) is 11.6 Å². The molecule has 78 valence electrons. The molecule has 1 aromatic rings. The normalized spacial score (nSPS) is 10.0. The molecule has 0 aliphatic carbocycles. The highest BCUT2D eigenvalue weighted by atomic mass is 79.9. The SMILES string of the molecule is COc1cc(Cl)c(OCCN)c(Br)c1. The van der Waals surface area contributed by atoms with Gasteiger partial charge in [-0.3, -0.25) is 0 Å². The predicted molar refractivity (Wildman–Crippen MR) is 60.3 cm³/mol. The van der Waals surface area contributed by atoms with Crippen LogP contribution in [0.25, 0.3) is 0 Å². The molecule has 0 fully saturated rings. The van der Waals surface area contributed by atoms with E-state index in [4.69, 9.17) is 26.8 Å². The van der Waals surface area contributed by atoms with Crippen molar-refractivity contribution in [1.82, 2.24) is 0 Å². The number of methoxy groups -OCH3 is 1. The van der Waals surface area contributed by atoms with E-state index in [0.717, 1.165) is 4.47 Å². The minimum Gasteiger partial charge on any atom is -0.497 e. The van der Waals surface area contributed by atoms with E-state index < -0.39 is 0 Å². The Balaban J connectivity index is 2.93. The Kier molecular flexibility index (Phi) is 4.51. The summed E-state index contributed by atoms with van der Waals surface area (Å²) in [5.41, 5.74) is 5.32. The smallest absolute Gasteiger partial charge is 0.152 e. The maximum absolute atomic E-state index is 5.97. The van der Waals surface area contributed by atoms with Crippen LogP contribution in [0.2, 0.25) is 5.02 Å². The Hall–Kier alpha value is -0.450. The molecule has 0 spiro atoms. The standard InChI is InChI=1S/C9H11BrClNO2/c1-13-6-4-7(10)9(8(11)5-6)14-3-2-12/h4-5H,2-3,12H2,1H3. The summed E-state index contributed by atoms with van der Waals surface area (Å²) in [5, 5.41) is 0.504. The van der Waals surface area contributed by atoms with Crippen molar-refractivity contribution in [3.63, 3.8) is 0 Å². The van der Waals surface area contributed by atoms with Gasteiger partial charge in [0.1, 0.15) is 12.4 Å². The average Bonchev–Trinajstić information content (AvgIpc) is 2.16. The van der Waals surface area contributed by atoms with Crippen molar-refractivity contribution in [3.05, 3.63) is 21.6 Å². The van der Waals surface area contributed by atoms with E-state index in [2.05, 4.69) is 15.9 Å². The van der Waals surface area contributed by atoms with Crippen LogP contribution in [-0.4, -0.2) is 20.3 Å². The molecule has 0 radical (unpaired) electrons. The molecule has 2 N–H and O–H groups in total. The highest BCUT2D eigenvalue weighted by Gasteiger charge is 2.09. The summed E-state index contributed by atoms with van der Waals surface area (Å²) in [5.74, 6) is 1.28. The van der Waals surface area contributed by atoms with E-state index in [1.165, 1.54) is 0 Å². The summed E-state index contributed by atoms with van der Waals surface area (Å²) in [6.07, 6.45) is 0. The van der Waals surface area contributed by atoms with Crippen LogP contribution in [0.4, 0.5) is 0 Å². The van der Waals surface area contributed by atoms with Crippen molar-refractivity contribution in [2.24, 2.45) is 5.73 Å². The van der Waals surface area contributed by atoms with E-state index in [0.29, 0.717) is 29.7 Å². The summed E-state index contributed by atoms with van der Waals surface area (Å²) in [6.45, 7) is 0.888. The van der Waals surface area contributed by atoms with Gasteiger partial charge in [0.05, 0.1) is 16.6 Å². The molecule has 0 heterocycles. The van der Waals surface area contributed by atoms with Gasteiger partial charge in [0.25, 0.3) is 0 Å². The second-order valence-electron chi connectivity index (χ2n) is 2.56. The summed E-state index contributed by atoms with van der Waals surface area (Å²) in [4.78, 5) is 0. The monoisotopic (exact) mass is 279 g/mol. The van der Waals surface area contributed by atoms with Gasteiger partial charge in [-0.2, -0.15) is 0 Å². The van der Waals surface area contributed by atoms with Gasteiger partial charge in [-0.25, -0.2) is 0 Å². The zero-order chi connectivity index (χ0) is 10.6. The van der Waals surface area contributed by atoms with Crippen LogP contribution in [0.15, 0.2) is 16.6 Å². The predicted octanol–water partition coefficient (Wildman–Crippen LogP) is 2.45. The average molecular weight is 281 g/mol. The van der Waals surface area contributed by atoms with Crippen LogP contribution < -0.4 is 15.2 Å².